The number of fused-ring (bicyclic) bond motifs is 1. The number of carbonyl (C=O) groups is 2. The van der Waals surface area contributed by atoms with Crippen LogP contribution in [0.5, 0.6) is 11.8 Å². The fraction of sp³-hybridized carbons (Fsp3) is 0.562. The lowest BCUT2D eigenvalue weighted by Gasteiger charge is -2.18. The van der Waals surface area contributed by atoms with Crippen molar-refractivity contribution in [2.24, 2.45) is 5.92 Å². The zero-order valence-electron chi connectivity index (χ0n) is 13.4. The van der Waals surface area contributed by atoms with E-state index in [1.807, 2.05) is 0 Å². The van der Waals surface area contributed by atoms with E-state index in [0.717, 1.165) is 12.8 Å². The molecule has 2 aliphatic rings. The minimum Gasteiger partial charge on any atom is -0.481 e. The van der Waals surface area contributed by atoms with Crippen molar-refractivity contribution >= 4 is 11.8 Å². The SMILES string of the molecule is COc1ccc(C(=O)N2C[C@H]3CCCC(=O)N[C@H]3C2)c(OC)n1. The van der Waals surface area contributed by atoms with Gasteiger partial charge < -0.3 is 19.7 Å². The summed E-state index contributed by atoms with van der Waals surface area (Å²) in [6.07, 6.45) is 2.42. The number of aromatic nitrogens is 1. The van der Waals surface area contributed by atoms with Crippen LogP contribution in [0, 0.1) is 5.92 Å². The number of hydrogen-bond acceptors (Lipinski definition) is 5. The van der Waals surface area contributed by atoms with E-state index < -0.39 is 0 Å². The highest BCUT2D eigenvalue weighted by atomic mass is 16.5. The van der Waals surface area contributed by atoms with Gasteiger partial charge in [-0.1, -0.05) is 0 Å². The van der Waals surface area contributed by atoms with Crippen LogP contribution in [0.3, 0.4) is 0 Å². The van der Waals surface area contributed by atoms with E-state index in [2.05, 4.69) is 10.3 Å². The molecule has 7 nitrogen and oxygen atoms in total. The van der Waals surface area contributed by atoms with Crippen LogP contribution in [-0.2, 0) is 4.79 Å². The van der Waals surface area contributed by atoms with Crippen molar-refractivity contribution in [3.05, 3.63) is 17.7 Å². The Kier molecular flexibility index (Phi) is 4.36. The number of amides is 2. The highest BCUT2D eigenvalue weighted by molar-refractivity contribution is 5.96. The van der Waals surface area contributed by atoms with E-state index in [1.165, 1.54) is 14.2 Å². The number of likely N-dealkylation sites (tertiary alicyclic amines) is 1. The van der Waals surface area contributed by atoms with Crippen LogP contribution in [0.25, 0.3) is 0 Å². The van der Waals surface area contributed by atoms with Crippen molar-refractivity contribution in [3.8, 4) is 11.8 Å². The van der Waals surface area contributed by atoms with E-state index in [9.17, 15) is 9.59 Å². The summed E-state index contributed by atoms with van der Waals surface area (Å²) in [6, 6.07) is 3.36. The fourth-order valence-corrected chi connectivity index (χ4v) is 3.32. The summed E-state index contributed by atoms with van der Waals surface area (Å²) in [5, 5.41) is 3.02. The Balaban J connectivity index is 1.78. The molecule has 0 saturated carbocycles. The highest BCUT2D eigenvalue weighted by Crippen LogP contribution is 2.28. The van der Waals surface area contributed by atoms with Crippen LogP contribution in [0.1, 0.15) is 29.6 Å². The maximum absolute atomic E-state index is 12.8. The number of ether oxygens (including phenoxy) is 2. The monoisotopic (exact) mass is 319 g/mol. The van der Waals surface area contributed by atoms with Crippen molar-refractivity contribution in [2.45, 2.75) is 25.3 Å². The summed E-state index contributed by atoms with van der Waals surface area (Å²) in [6.45, 7) is 1.18. The summed E-state index contributed by atoms with van der Waals surface area (Å²) in [5.74, 6) is 0.931. The smallest absolute Gasteiger partial charge is 0.259 e. The van der Waals surface area contributed by atoms with Gasteiger partial charge in [0.1, 0.15) is 5.56 Å². The summed E-state index contributed by atoms with van der Waals surface area (Å²) in [5.41, 5.74) is 0.413. The number of carbonyl (C=O) groups excluding carboxylic acids is 2. The van der Waals surface area contributed by atoms with Gasteiger partial charge in [-0.15, -0.1) is 0 Å². The molecule has 0 spiro atoms. The van der Waals surface area contributed by atoms with Gasteiger partial charge in [-0.05, 0) is 24.8 Å². The minimum absolute atomic E-state index is 0.0474. The average molecular weight is 319 g/mol. The lowest BCUT2D eigenvalue weighted by atomic mass is 9.99. The fourth-order valence-electron chi connectivity index (χ4n) is 3.32. The molecule has 1 aromatic rings. The molecule has 7 heteroatoms. The normalized spacial score (nSPS) is 23.7. The molecular weight excluding hydrogens is 298 g/mol. The second-order valence-corrected chi connectivity index (χ2v) is 5.95. The Bertz CT molecular complexity index is 619. The first kappa shape index (κ1) is 15.6. The first-order chi connectivity index (χ1) is 11.1. The zero-order valence-corrected chi connectivity index (χ0v) is 13.4. The molecule has 0 bridgehead atoms. The summed E-state index contributed by atoms with van der Waals surface area (Å²) in [4.78, 5) is 30.4. The van der Waals surface area contributed by atoms with Gasteiger partial charge >= 0.3 is 0 Å². The van der Waals surface area contributed by atoms with Crippen LogP contribution in [0.2, 0.25) is 0 Å². The minimum atomic E-state index is -0.126. The maximum atomic E-state index is 12.8. The second-order valence-electron chi connectivity index (χ2n) is 5.95. The molecule has 2 aliphatic heterocycles. The zero-order chi connectivity index (χ0) is 16.4. The molecule has 0 radical (unpaired) electrons. The molecule has 2 saturated heterocycles. The van der Waals surface area contributed by atoms with Gasteiger partial charge in [0.25, 0.3) is 5.91 Å². The van der Waals surface area contributed by atoms with Crippen molar-refractivity contribution in [2.75, 3.05) is 27.3 Å². The van der Waals surface area contributed by atoms with Crippen LogP contribution in [-0.4, -0.2) is 55.0 Å². The van der Waals surface area contributed by atoms with Crippen molar-refractivity contribution in [3.63, 3.8) is 0 Å². The molecule has 2 fully saturated rings. The summed E-state index contributed by atoms with van der Waals surface area (Å²) >= 11 is 0. The Hall–Kier alpha value is -2.31. The molecule has 0 aromatic carbocycles. The second kappa shape index (κ2) is 6.44. The van der Waals surface area contributed by atoms with Gasteiger partial charge in [-0.25, -0.2) is 0 Å². The van der Waals surface area contributed by atoms with Gasteiger partial charge in [0.15, 0.2) is 0 Å². The predicted octanol–water partition coefficient (Wildman–Crippen LogP) is 0.839. The Morgan fingerprint density at radius 3 is 2.87 bits per heavy atom. The third kappa shape index (κ3) is 3.09. The molecule has 0 unspecified atom stereocenters. The molecule has 1 N–H and O–H groups in total. The Morgan fingerprint density at radius 1 is 1.30 bits per heavy atom. The van der Waals surface area contributed by atoms with E-state index in [-0.39, 0.29) is 23.7 Å². The topological polar surface area (TPSA) is 80.8 Å². The van der Waals surface area contributed by atoms with Gasteiger partial charge in [0.05, 0.1) is 20.3 Å². The number of methoxy groups -OCH3 is 2. The van der Waals surface area contributed by atoms with Crippen molar-refractivity contribution in [1.29, 1.82) is 0 Å². The predicted molar refractivity (Wildman–Crippen MR) is 82.5 cm³/mol. The van der Waals surface area contributed by atoms with E-state index >= 15 is 0 Å². The average Bonchev–Trinajstić information content (AvgIpc) is 2.87. The Morgan fingerprint density at radius 2 is 2.13 bits per heavy atom. The third-order valence-electron chi connectivity index (χ3n) is 4.52. The van der Waals surface area contributed by atoms with Crippen molar-refractivity contribution < 1.29 is 19.1 Å². The van der Waals surface area contributed by atoms with Gasteiger partial charge in [-0.3, -0.25) is 9.59 Å². The standard InChI is InChI=1S/C16H21N3O4/c1-22-14-7-6-11(15(18-14)23-2)16(21)19-8-10-4-3-5-13(20)17-12(10)9-19/h6-7,10,12H,3-5,8-9H2,1-2H3,(H,17,20)/t10-,12+/m1/s1. The van der Waals surface area contributed by atoms with Crippen LogP contribution < -0.4 is 14.8 Å². The number of nitrogens with one attached hydrogen (secondary N) is 1. The lowest BCUT2D eigenvalue weighted by Crippen LogP contribution is -2.39. The van der Waals surface area contributed by atoms with Crippen LogP contribution in [0.15, 0.2) is 12.1 Å². The quantitative estimate of drug-likeness (QED) is 0.893. The van der Waals surface area contributed by atoms with Crippen LogP contribution in [0.4, 0.5) is 0 Å². The van der Waals surface area contributed by atoms with Crippen molar-refractivity contribution in [1.82, 2.24) is 15.2 Å². The van der Waals surface area contributed by atoms with Gasteiger partial charge in [0.2, 0.25) is 17.7 Å². The molecule has 1 aromatic heterocycles. The third-order valence-corrected chi connectivity index (χ3v) is 4.52. The molecular formula is C16H21N3O4. The Labute approximate surface area is 135 Å². The number of pyridine rings is 1. The largest absolute Gasteiger partial charge is 0.481 e. The number of hydrogen-bond donors (Lipinski definition) is 1. The van der Waals surface area contributed by atoms with E-state index in [1.54, 1.807) is 17.0 Å². The summed E-state index contributed by atoms with van der Waals surface area (Å²) < 4.78 is 10.3. The van der Waals surface area contributed by atoms with Gasteiger partial charge in [-0.2, -0.15) is 4.98 Å². The number of rotatable bonds is 3. The molecule has 23 heavy (non-hydrogen) atoms. The lowest BCUT2D eigenvalue weighted by molar-refractivity contribution is -0.121. The van der Waals surface area contributed by atoms with E-state index in [0.29, 0.717) is 36.9 Å². The molecule has 2 amide bonds. The number of nitrogens with zero attached hydrogens (tertiary/aromatic N) is 2. The van der Waals surface area contributed by atoms with E-state index in [4.69, 9.17) is 9.47 Å². The molecule has 2 atom stereocenters. The highest BCUT2D eigenvalue weighted by Gasteiger charge is 2.38. The summed E-state index contributed by atoms with van der Waals surface area (Å²) in [7, 11) is 2.99. The van der Waals surface area contributed by atoms with Gasteiger partial charge in [0, 0.05) is 25.6 Å². The molecule has 124 valence electrons. The maximum Gasteiger partial charge on any atom is 0.259 e. The first-order valence-corrected chi connectivity index (χ1v) is 7.80. The molecule has 3 heterocycles. The molecule has 0 aliphatic carbocycles. The molecule has 3 rings (SSSR count). The van der Waals surface area contributed by atoms with Crippen LogP contribution >= 0.6 is 0 Å². The first-order valence-electron chi connectivity index (χ1n) is 7.80.